The van der Waals surface area contributed by atoms with Crippen molar-refractivity contribution < 1.29 is 9.59 Å². The Morgan fingerprint density at radius 2 is 2.11 bits per heavy atom. The van der Waals surface area contributed by atoms with Gasteiger partial charge in [0.1, 0.15) is 17.5 Å². The minimum atomic E-state index is -0.103. The molecule has 0 aliphatic carbocycles. The molecule has 1 aliphatic rings. The van der Waals surface area contributed by atoms with Crippen LogP contribution in [-0.4, -0.2) is 68.5 Å². The van der Waals surface area contributed by atoms with Crippen molar-refractivity contribution in [1.29, 1.82) is 0 Å². The van der Waals surface area contributed by atoms with Gasteiger partial charge in [0.2, 0.25) is 11.8 Å². The van der Waals surface area contributed by atoms with E-state index in [0.717, 1.165) is 24.0 Å². The Hall–Kier alpha value is -3.66. The number of amides is 2. The molecule has 1 fully saturated rings. The number of hydrogen-bond acceptors (Lipinski definition) is 7. The molecule has 2 amide bonds. The maximum Gasteiger partial charge on any atom is 0.246 e. The summed E-state index contributed by atoms with van der Waals surface area (Å²) in [5, 5.41) is 9.16. The Morgan fingerprint density at radius 3 is 2.83 bits per heavy atom. The highest BCUT2D eigenvalue weighted by Crippen LogP contribution is 2.36. The molecule has 0 saturated carbocycles. The van der Waals surface area contributed by atoms with Crippen LogP contribution >= 0.6 is 11.6 Å². The Balaban J connectivity index is 1.69. The first-order valence-corrected chi connectivity index (χ1v) is 11.7. The topological polar surface area (TPSA) is 122 Å². The maximum atomic E-state index is 12.2. The second-order valence-electron chi connectivity index (χ2n) is 8.84. The number of hydrogen-bond donors (Lipinski definition) is 2. The fraction of sp³-hybridized carbons (Fsp3) is 0.375. The Morgan fingerprint density at radius 1 is 1.34 bits per heavy atom. The number of nitrogens with two attached hydrogens (primary N) is 1. The summed E-state index contributed by atoms with van der Waals surface area (Å²) in [5.41, 5.74) is 9.11. The molecule has 35 heavy (non-hydrogen) atoms. The lowest BCUT2D eigenvalue weighted by Crippen LogP contribution is -2.40. The number of fused-ring (bicyclic) bond motifs is 1. The van der Waals surface area contributed by atoms with Crippen LogP contribution in [0.1, 0.15) is 30.0 Å². The zero-order valence-electron chi connectivity index (χ0n) is 20.1. The van der Waals surface area contributed by atoms with Gasteiger partial charge in [0, 0.05) is 27.2 Å². The number of piperidine rings is 1. The number of nitrogen functional groups attached to an aromatic ring is 1. The van der Waals surface area contributed by atoms with Crippen molar-refractivity contribution in [3.05, 3.63) is 47.3 Å². The van der Waals surface area contributed by atoms with Crippen LogP contribution in [0.15, 0.2) is 31.1 Å². The monoisotopic (exact) mass is 496 g/mol. The van der Waals surface area contributed by atoms with E-state index in [1.165, 1.54) is 12.4 Å². The summed E-state index contributed by atoms with van der Waals surface area (Å²) < 4.78 is 1.81. The van der Waals surface area contributed by atoms with Gasteiger partial charge >= 0.3 is 0 Å². The number of benzene rings is 1. The van der Waals surface area contributed by atoms with Gasteiger partial charge in [-0.05, 0) is 43.0 Å². The van der Waals surface area contributed by atoms with Gasteiger partial charge in [-0.15, -0.1) is 0 Å². The molecule has 0 spiro atoms. The van der Waals surface area contributed by atoms with Crippen LogP contribution in [-0.2, 0) is 16.0 Å². The molecule has 1 atom stereocenters. The Kier molecular flexibility index (Phi) is 6.93. The predicted molar refractivity (Wildman–Crippen MR) is 137 cm³/mol. The molecule has 3 N–H and O–H groups in total. The number of anilines is 3. The molecule has 1 unspecified atom stereocenters. The van der Waals surface area contributed by atoms with E-state index in [0.29, 0.717) is 46.5 Å². The highest BCUT2D eigenvalue weighted by molar-refractivity contribution is 6.34. The predicted octanol–water partition coefficient (Wildman–Crippen LogP) is 3.09. The molecule has 1 aromatic carbocycles. The smallest absolute Gasteiger partial charge is 0.246 e. The lowest BCUT2D eigenvalue weighted by Gasteiger charge is -2.32. The number of halogens is 1. The van der Waals surface area contributed by atoms with E-state index in [9.17, 15) is 9.59 Å². The molecule has 11 heteroatoms. The van der Waals surface area contributed by atoms with Crippen LogP contribution in [0.4, 0.5) is 17.3 Å². The molecule has 10 nitrogen and oxygen atoms in total. The molecule has 4 rings (SSSR count). The zero-order chi connectivity index (χ0) is 25.3. The lowest BCUT2D eigenvalue weighted by molar-refractivity contribution is -0.128. The van der Waals surface area contributed by atoms with Crippen molar-refractivity contribution in [2.24, 2.45) is 0 Å². The lowest BCUT2D eigenvalue weighted by atomic mass is 10.0. The van der Waals surface area contributed by atoms with Crippen molar-refractivity contribution in [3.8, 4) is 0 Å². The van der Waals surface area contributed by atoms with Gasteiger partial charge in [0.25, 0.3) is 0 Å². The standard InChI is InChI=1S/C24H29ClN8O2/c1-5-18(34)32-10-6-7-16(12-32)33-24-20(22(26)27-13-28-24)23(30-33)29-17-9-8-15(14(2)21(17)25)11-19(35)31(3)4/h5,8-9,13,16H,1,6-7,10-12H2,2-4H3,(H,29,30)(H2,26,27,28). The summed E-state index contributed by atoms with van der Waals surface area (Å²) in [6.07, 6.45) is 4.68. The van der Waals surface area contributed by atoms with E-state index in [1.54, 1.807) is 23.9 Å². The van der Waals surface area contributed by atoms with E-state index >= 15 is 0 Å². The number of likely N-dealkylation sites (tertiary alicyclic amines) is 1. The number of carbonyl (C=O) groups is 2. The molecule has 3 heterocycles. The summed E-state index contributed by atoms with van der Waals surface area (Å²) >= 11 is 6.69. The summed E-state index contributed by atoms with van der Waals surface area (Å²) in [6, 6.07) is 3.63. The third kappa shape index (κ3) is 4.79. The number of carbonyl (C=O) groups excluding carboxylic acids is 2. The van der Waals surface area contributed by atoms with Crippen LogP contribution in [0.5, 0.6) is 0 Å². The van der Waals surface area contributed by atoms with Gasteiger partial charge in [-0.3, -0.25) is 9.59 Å². The van der Waals surface area contributed by atoms with Crippen LogP contribution in [0.3, 0.4) is 0 Å². The van der Waals surface area contributed by atoms with Crippen molar-refractivity contribution in [1.82, 2.24) is 29.5 Å². The van der Waals surface area contributed by atoms with Crippen LogP contribution in [0.2, 0.25) is 5.02 Å². The van der Waals surface area contributed by atoms with Crippen molar-refractivity contribution in [2.45, 2.75) is 32.2 Å². The second kappa shape index (κ2) is 9.91. The molecular formula is C24H29ClN8O2. The van der Waals surface area contributed by atoms with Gasteiger partial charge in [-0.25, -0.2) is 14.6 Å². The molecular weight excluding hydrogens is 468 g/mol. The quantitative estimate of drug-likeness (QED) is 0.503. The molecule has 184 valence electrons. The number of likely N-dealkylation sites (N-methyl/N-ethyl adjacent to an activating group) is 1. The summed E-state index contributed by atoms with van der Waals surface area (Å²) in [4.78, 5) is 36.3. The van der Waals surface area contributed by atoms with Crippen LogP contribution in [0, 0.1) is 6.92 Å². The number of aromatic nitrogens is 4. The number of nitrogens with one attached hydrogen (secondary N) is 1. The average molecular weight is 497 g/mol. The fourth-order valence-electron chi connectivity index (χ4n) is 4.28. The van der Waals surface area contributed by atoms with Crippen molar-refractivity contribution in [3.63, 3.8) is 0 Å². The SMILES string of the molecule is C=CC(=O)N1CCCC(n2nc(Nc3ccc(CC(=O)N(C)C)c(C)c3Cl)c3c(N)ncnc32)C1. The molecule has 1 saturated heterocycles. The zero-order valence-corrected chi connectivity index (χ0v) is 20.8. The minimum absolute atomic E-state index is 0.00371. The average Bonchev–Trinajstić information content (AvgIpc) is 3.22. The van der Waals surface area contributed by atoms with E-state index in [1.807, 2.05) is 23.7 Å². The van der Waals surface area contributed by atoms with Gasteiger partial charge < -0.3 is 20.9 Å². The first-order valence-electron chi connectivity index (χ1n) is 11.4. The Labute approximate surface area is 208 Å². The molecule has 2 aromatic heterocycles. The second-order valence-corrected chi connectivity index (χ2v) is 9.21. The first-order chi connectivity index (χ1) is 16.7. The van der Waals surface area contributed by atoms with E-state index in [2.05, 4.69) is 21.9 Å². The van der Waals surface area contributed by atoms with Crippen molar-refractivity contribution in [2.75, 3.05) is 38.2 Å². The summed E-state index contributed by atoms with van der Waals surface area (Å²) in [5.74, 6) is 0.660. The van der Waals surface area contributed by atoms with E-state index in [-0.39, 0.29) is 24.3 Å². The highest BCUT2D eigenvalue weighted by atomic mass is 35.5. The largest absolute Gasteiger partial charge is 0.383 e. The first kappa shape index (κ1) is 24.5. The maximum absolute atomic E-state index is 12.2. The van der Waals surface area contributed by atoms with E-state index in [4.69, 9.17) is 22.4 Å². The molecule has 1 aliphatic heterocycles. The number of nitrogens with zero attached hydrogens (tertiary/aromatic N) is 6. The van der Waals surface area contributed by atoms with Crippen LogP contribution < -0.4 is 11.1 Å². The molecule has 0 radical (unpaired) electrons. The van der Waals surface area contributed by atoms with Gasteiger partial charge in [-0.1, -0.05) is 24.2 Å². The fourth-order valence-corrected chi connectivity index (χ4v) is 4.51. The molecule has 0 bridgehead atoms. The van der Waals surface area contributed by atoms with Gasteiger partial charge in [0.05, 0.1) is 23.2 Å². The third-order valence-corrected chi connectivity index (χ3v) is 6.83. The van der Waals surface area contributed by atoms with Crippen molar-refractivity contribution >= 4 is 51.8 Å². The van der Waals surface area contributed by atoms with E-state index < -0.39 is 0 Å². The Bertz CT molecular complexity index is 1300. The third-order valence-electron chi connectivity index (χ3n) is 6.34. The number of rotatable bonds is 6. The molecule has 3 aromatic rings. The summed E-state index contributed by atoms with van der Waals surface area (Å²) in [7, 11) is 3.45. The minimum Gasteiger partial charge on any atom is -0.383 e. The van der Waals surface area contributed by atoms with Gasteiger partial charge in [-0.2, -0.15) is 5.10 Å². The van der Waals surface area contributed by atoms with Crippen LogP contribution in [0.25, 0.3) is 11.0 Å². The summed E-state index contributed by atoms with van der Waals surface area (Å²) in [6.45, 7) is 6.66. The highest BCUT2D eigenvalue weighted by Gasteiger charge is 2.28. The van der Waals surface area contributed by atoms with Gasteiger partial charge in [0.15, 0.2) is 11.5 Å². The normalized spacial score (nSPS) is 15.8.